The monoisotopic (exact) mass is 513 g/mol. The Bertz CT molecular complexity index is 789. The number of halogens is 1. The zero-order valence-corrected chi connectivity index (χ0v) is 20.0. The molecule has 1 aliphatic heterocycles. The van der Waals surface area contributed by atoms with Crippen molar-refractivity contribution in [1.29, 1.82) is 0 Å². The summed E-state index contributed by atoms with van der Waals surface area (Å²) in [5.74, 6) is 2.59. The fourth-order valence-corrected chi connectivity index (χ4v) is 3.37. The summed E-state index contributed by atoms with van der Waals surface area (Å²) in [7, 11) is 7.62. The SMILES string of the molecule is CN=C(NCc1ccc(CN(C)C)cc1)NC1CCc2nc(COC)nn2C1.I. The fourth-order valence-electron chi connectivity index (χ4n) is 3.37. The van der Waals surface area contributed by atoms with Crippen molar-refractivity contribution in [3.05, 3.63) is 47.0 Å². The minimum absolute atomic E-state index is 0. The van der Waals surface area contributed by atoms with E-state index in [-0.39, 0.29) is 30.0 Å². The van der Waals surface area contributed by atoms with Gasteiger partial charge >= 0.3 is 0 Å². The Kier molecular flexibility index (Phi) is 9.31. The number of methoxy groups -OCH3 is 1. The van der Waals surface area contributed by atoms with E-state index in [1.165, 1.54) is 11.1 Å². The first-order valence-corrected chi connectivity index (χ1v) is 9.68. The van der Waals surface area contributed by atoms with E-state index in [0.717, 1.165) is 50.1 Å². The lowest BCUT2D eigenvalue weighted by atomic mass is 10.1. The molecule has 0 saturated heterocycles. The van der Waals surface area contributed by atoms with Gasteiger partial charge in [-0.3, -0.25) is 4.99 Å². The second-order valence-electron chi connectivity index (χ2n) is 7.42. The number of benzene rings is 1. The van der Waals surface area contributed by atoms with Crippen molar-refractivity contribution < 1.29 is 4.74 Å². The highest BCUT2D eigenvalue weighted by atomic mass is 127. The average molecular weight is 513 g/mol. The molecule has 1 aliphatic rings. The van der Waals surface area contributed by atoms with Gasteiger partial charge in [-0.05, 0) is 31.6 Å². The van der Waals surface area contributed by atoms with Gasteiger partial charge in [0.15, 0.2) is 11.8 Å². The van der Waals surface area contributed by atoms with E-state index < -0.39 is 0 Å². The van der Waals surface area contributed by atoms with E-state index in [1.807, 2.05) is 4.68 Å². The standard InChI is InChI=1S/C20H31N7O.HI/c1-21-20(22-11-15-5-7-16(8-6-15)12-26(2)3)23-17-9-10-19-24-18(14-28-4)25-27(19)13-17;/h5-8,17H,9-14H2,1-4H3,(H2,21,22,23);1H. The van der Waals surface area contributed by atoms with E-state index in [0.29, 0.717) is 6.61 Å². The van der Waals surface area contributed by atoms with E-state index >= 15 is 0 Å². The maximum atomic E-state index is 5.13. The molecular formula is C20H32IN7O. The number of ether oxygens (including phenoxy) is 1. The molecule has 29 heavy (non-hydrogen) atoms. The zero-order chi connectivity index (χ0) is 19.9. The molecule has 0 fully saturated rings. The molecule has 2 heterocycles. The van der Waals surface area contributed by atoms with Crippen LogP contribution in [-0.4, -0.2) is 59.9 Å². The third-order valence-electron chi connectivity index (χ3n) is 4.72. The summed E-state index contributed by atoms with van der Waals surface area (Å²) in [6.07, 6.45) is 1.91. The van der Waals surface area contributed by atoms with Crippen molar-refractivity contribution in [3.63, 3.8) is 0 Å². The number of aryl methyl sites for hydroxylation is 1. The molecule has 0 spiro atoms. The van der Waals surface area contributed by atoms with Gasteiger partial charge in [0.1, 0.15) is 12.4 Å². The highest BCUT2D eigenvalue weighted by Gasteiger charge is 2.22. The average Bonchev–Trinajstić information content (AvgIpc) is 3.07. The summed E-state index contributed by atoms with van der Waals surface area (Å²) in [5, 5.41) is 11.4. The van der Waals surface area contributed by atoms with E-state index in [2.05, 4.69) is 69.0 Å². The van der Waals surface area contributed by atoms with Crippen LogP contribution in [0, 0.1) is 0 Å². The largest absolute Gasteiger partial charge is 0.377 e. The Labute approximate surface area is 190 Å². The summed E-state index contributed by atoms with van der Waals surface area (Å²) in [6.45, 7) is 2.93. The Morgan fingerprint density at radius 1 is 1.28 bits per heavy atom. The first kappa shape index (κ1) is 23.6. The maximum absolute atomic E-state index is 5.13. The molecule has 2 N–H and O–H groups in total. The van der Waals surface area contributed by atoms with Crippen LogP contribution in [0.25, 0.3) is 0 Å². The second-order valence-corrected chi connectivity index (χ2v) is 7.42. The van der Waals surface area contributed by atoms with Gasteiger partial charge in [-0.15, -0.1) is 24.0 Å². The van der Waals surface area contributed by atoms with Crippen molar-refractivity contribution in [2.24, 2.45) is 4.99 Å². The summed E-state index contributed by atoms with van der Waals surface area (Å²) in [6, 6.07) is 8.96. The number of fused-ring (bicyclic) bond motifs is 1. The number of hydrogen-bond acceptors (Lipinski definition) is 5. The van der Waals surface area contributed by atoms with Crippen LogP contribution in [-0.2, 0) is 37.4 Å². The summed E-state index contributed by atoms with van der Waals surface area (Å²) in [5.41, 5.74) is 2.55. The summed E-state index contributed by atoms with van der Waals surface area (Å²) >= 11 is 0. The molecule has 2 aromatic rings. The molecule has 9 heteroatoms. The number of hydrogen-bond donors (Lipinski definition) is 2. The minimum Gasteiger partial charge on any atom is -0.377 e. The molecular weight excluding hydrogens is 481 g/mol. The van der Waals surface area contributed by atoms with Gasteiger partial charge in [-0.2, -0.15) is 5.10 Å². The Balaban J connectivity index is 0.00000300. The van der Waals surface area contributed by atoms with Crippen LogP contribution in [0.4, 0.5) is 0 Å². The van der Waals surface area contributed by atoms with Crippen LogP contribution in [0.5, 0.6) is 0 Å². The molecule has 0 amide bonds. The highest BCUT2D eigenvalue weighted by Crippen LogP contribution is 2.13. The third-order valence-corrected chi connectivity index (χ3v) is 4.72. The van der Waals surface area contributed by atoms with E-state index in [4.69, 9.17) is 4.74 Å². The summed E-state index contributed by atoms with van der Waals surface area (Å²) < 4.78 is 7.11. The number of rotatable bonds is 7. The van der Waals surface area contributed by atoms with Crippen molar-refractivity contribution in [2.45, 2.75) is 45.1 Å². The fraction of sp³-hybridized carbons (Fsp3) is 0.550. The lowest BCUT2D eigenvalue weighted by molar-refractivity contribution is 0.177. The molecule has 8 nitrogen and oxygen atoms in total. The predicted molar refractivity (Wildman–Crippen MR) is 125 cm³/mol. The molecule has 160 valence electrons. The van der Waals surface area contributed by atoms with Crippen LogP contribution in [0.2, 0.25) is 0 Å². The predicted octanol–water partition coefficient (Wildman–Crippen LogP) is 1.78. The second kappa shape index (κ2) is 11.5. The molecule has 0 radical (unpaired) electrons. The molecule has 0 bridgehead atoms. The number of nitrogens with zero attached hydrogens (tertiary/aromatic N) is 5. The molecule has 1 unspecified atom stereocenters. The van der Waals surface area contributed by atoms with Gasteiger partial charge in [0.25, 0.3) is 0 Å². The molecule has 0 saturated carbocycles. The van der Waals surface area contributed by atoms with Gasteiger partial charge in [0.05, 0.1) is 6.54 Å². The van der Waals surface area contributed by atoms with Crippen molar-refractivity contribution in [1.82, 2.24) is 30.3 Å². The van der Waals surface area contributed by atoms with Crippen LogP contribution in [0.3, 0.4) is 0 Å². The quantitative estimate of drug-likeness (QED) is 0.334. The van der Waals surface area contributed by atoms with Gasteiger partial charge < -0.3 is 20.3 Å². The van der Waals surface area contributed by atoms with Crippen LogP contribution >= 0.6 is 24.0 Å². The highest BCUT2D eigenvalue weighted by molar-refractivity contribution is 14.0. The third kappa shape index (κ3) is 6.93. The number of aliphatic imine (C=N–C) groups is 1. The van der Waals surface area contributed by atoms with Crippen molar-refractivity contribution >= 4 is 29.9 Å². The van der Waals surface area contributed by atoms with Crippen molar-refractivity contribution in [3.8, 4) is 0 Å². The van der Waals surface area contributed by atoms with E-state index in [9.17, 15) is 0 Å². The lowest BCUT2D eigenvalue weighted by Crippen LogP contribution is -2.46. The van der Waals surface area contributed by atoms with Gasteiger partial charge in [0, 0.05) is 39.7 Å². The van der Waals surface area contributed by atoms with Crippen LogP contribution < -0.4 is 10.6 Å². The molecule has 1 atom stereocenters. The molecule has 1 aromatic heterocycles. The van der Waals surface area contributed by atoms with Gasteiger partial charge in [-0.1, -0.05) is 24.3 Å². The number of aromatic nitrogens is 3. The molecule has 1 aromatic carbocycles. The zero-order valence-electron chi connectivity index (χ0n) is 17.7. The first-order chi connectivity index (χ1) is 13.6. The minimum atomic E-state index is 0. The maximum Gasteiger partial charge on any atom is 0.191 e. The van der Waals surface area contributed by atoms with Crippen LogP contribution in [0.1, 0.15) is 29.2 Å². The normalized spacial score (nSPS) is 16.3. The van der Waals surface area contributed by atoms with Crippen LogP contribution in [0.15, 0.2) is 29.3 Å². The molecule has 3 rings (SSSR count). The van der Waals surface area contributed by atoms with Gasteiger partial charge in [-0.25, -0.2) is 9.67 Å². The first-order valence-electron chi connectivity index (χ1n) is 9.68. The smallest absolute Gasteiger partial charge is 0.191 e. The van der Waals surface area contributed by atoms with E-state index in [1.54, 1.807) is 14.2 Å². The topological polar surface area (TPSA) is 79.6 Å². The molecule has 0 aliphatic carbocycles. The Morgan fingerprint density at radius 2 is 2.00 bits per heavy atom. The van der Waals surface area contributed by atoms with Gasteiger partial charge in [0.2, 0.25) is 0 Å². The lowest BCUT2D eigenvalue weighted by Gasteiger charge is -2.25. The summed E-state index contributed by atoms with van der Waals surface area (Å²) in [4.78, 5) is 11.1. The van der Waals surface area contributed by atoms with Crippen molar-refractivity contribution in [2.75, 3.05) is 28.3 Å². The Hall–Kier alpha value is -1.72. The number of guanidine groups is 1. The Morgan fingerprint density at radius 3 is 2.66 bits per heavy atom. The number of nitrogens with one attached hydrogen (secondary N) is 2.